The van der Waals surface area contributed by atoms with E-state index in [1.165, 1.54) is 97.7 Å². The average Bonchev–Trinajstić information content (AvgIpc) is 0.957. The number of halogens is 1. The number of thiophene rings is 1. The summed E-state index contributed by atoms with van der Waals surface area (Å²) in [4.78, 5) is 19.2. The summed E-state index contributed by atoms with van der Waals surface area (Å²) >= 11 is 1.75. The van der Waals surface area contributed by atoms with E-state index in [1.54, 1.807) is 23.5 Å². The van der Waals surface area contributed by atoms with Gasteiger partial charge in [0.25, 0.3) is 0 Å². The third kappa shape index (κ3) is 9.92. The van der Waals surface area contributed by atoms with E-state index >= 15 is 4.39 Å². The number of aromatic nitrogens is 2. The smallest absolute Gasteiger partial charge is 0.147 e. The fraction of sp³-hybridized carbons (Fsp3) is 0.0588. The van der Waals surface area contributed by atoms with Crippen LogP contribution in [0.5, 0.6) is 0 Å². The molecule has 3 aromatic heterocycles. The molecule has 522 valence electrons. The highest BCUT2D eigenvalue weighted by atomic mass is 32.1. The van der Waals surface area contributed by atoms with Crippen molar-refractivity contribution in [2.75, 3.05) is 19.6 Å². The van der Waals surface area contributed by atoms with Crippen molar-refractivity contribution in [3.63, 3.8) is 0 Å². The van der Waals surface area contributed by atoms with Gasteiger partial charge in [-0.2, -0.15) is 0 Å². The first-order chi connectivity index (χ1) is 54.1. The highest BCUT2D eigenvalue weighted by molar-refractivity contribution is 7.26. The van der Waals surface area contributed by atoms with E-state index in [9.17, 15) is 0 Å². The first kappa shape index (κ1) is 64.8. The maximum atomic E-state index is 16.3. The first-order valence-electron chi connectivity index (χ1n) is 37.7. The molecule has 0 saturated carbocycles. The monoisotopic (exact) mass is 1430 g/mol. The fourth-order valence-electron chi connectivity index (χ4n) is 18.4. The van der Waals surface area contributed by atoms with Gasteiger partial charge in [0.05, 0.1) is 50.2 Å². The number of hydrogen-bond acceptors (Lipinski definition) is 7. The standard InChI is InChI=1S/C54H36FN3S.C48H35N3/c1-54(2)40-16-5-3-14-37(40)52-41(54)17-12-20-46(52)58(49-23-9-10-32-56-49)44-31-27-34-24-28-38-43(30-26-33-25-29-39(44)51(34)50(33)38)57(45-19-7-6-18-42(45)55)47-21-11-15-36-35-13-4-8-22-48(35)59-53(36)47;1-48(2)39-19-10-9-18-36(39)47-40(48)20-13-21-43(47)51(44-22-11-12-31-49-44)42-30-26-33-23-27-37-41(29-25-32-24-28-38(42)46(33)45(32)37)50(34-14-5-3-6-15-34)35-16-7-4-8-17-35/h3-32H,1-2H3;3-31H,1-2H3. The molecule has 0 fully saturated rings. The largest absolute Gasteiger partial charge is 0.310 e. The molecule has 0 atom stereocenters. The van der Waals surface area contributed by atoms with Crippen LogP contribution >= 0.6 is 11.3 Å². The van der Waals surface area contributed by atoms with Crippen LogP contribution in [0.4, 0.5) is 72.9 Å². The molecule has 17 aromatic carbocycles. The number of pyridine rings is 2. The first-order valence-corrected chi connectivity index (χ1v) is 38.5. The highest BCUT2D eigenvalue weighted by Gasteiger charge is 2.40. The third-order valence-electron chi connectivity index (χ3n) is 23.4. The molecular formula is C102H71FN6S. The summed E-state index contributed by atoms with van der Waals surface area (Å²) in [6.45, 7) is 9.33. The lowest BCUT2D eigenvalue weighted by atomic mass is 9.82. The van der Waals surface area contributed by atoms with Gasteiger partial charge in [0.15, 0.2) is 0 Å². The Morgan fingerprint density at radius 1 is 0.264 bits per heavy atom. The zero-order valence-corrected chi connectivity index (χ0v) is 61.8. The van der Waals surface area contributed by atoms with E-state index in [4.69, 9.17) is 9.97 Å². The number of para-hydroxylation sites is 3. The maximum Gasteiger partial charge on any atom is 0.147 e. The van der Waals surface area contributed by atoms with Crippen LogP contribution in [-0.4, -0.2) is 9.97 Å². The van der Waals surface area contributed by atoms with Crippen LogP contribution < -0.4 is 19.6 Å². The Labute approximate surface area is 641 Å². The number of nitrogens with zero attached hydrogens (tertiary/aromatic N) is 6. The van der Waals surface area contributed by atoms with Gasteiger partial charge in [0.2, 0.25) is 0 Å². The van der Waals surface area contributed by atoms with Crippen molar-refractivity contribution in [1.82, 2.24) is 9.97 Å². The zero-order chi connectivity index (χ0) is 73.5. The van der Waals surface area contributed by atoms with Gasteiger partial charge < -0.3 is 9.80 Å². The molecule has 0 saturated heterocycles. The van der Waals surface area contributed by atoms with E-state index in [1.807, 2.05) is 36.7 Å². The number of anilines is 12. The summed E-state index contributed by atoms with van der Waals surface area (Å²) < 4.78 is 18.6. The minimum Gasteiger partial charge on any atom is -0.310 e. The molecule has 2 aliphatic rings. The normalized spacial score (nSPS) is 13.1. The molecule has 22 rings (SSSR count). The lowest BCUT2D eigenvalue weighted by molar-refractivity contribution is 0.629. The summed E-state index contributed by atoms with van der Waals surface area (Å²) in [5, 5.41) is 16.5. The molecule has 6 nitrogen and oxygen atoms in total. The van der Waals surface area contributed by atoms with Gasteiger partial charge in [-0.15, -0.1) is 11.3 Å². The predicted octanol–water partition coefficient (Wildman–Crippen LogP) is 29.0. The Morgan fingerprint density at radius 3 is 1.10 bits per heavy atom. The molecule has 0 radical (unpaired) electrons. The fourth-order valence-corrected chi connectivity index (χ4v) is 19.6. The van der Waals surface area contributed by atoms with E-state index in [-0.39, 0.29) is 16.6 Å². The van der Waals surface area contributed by atoms with Gasteiger partial charge in [-0.05, 0) is 186 Å². The van der Waals surface area contributed by atoms with Crippen LogP contribution in [0.1, 0.15) is 49.9 Å². The van der Waals surface area contributed by atoms with Crippen LogP contribution in [0.15, 0.2) is 358 Å². The summed E-state index contributed by atoms with van der Waals surface area (Å²) in [5.74, 6) is 1.47. The second kappa shape index (κ2) is 25.3. The van der Waals surface area contributed by atoms with Crippen molar-refractivity contribution >= 4 is 165 Å². The lowest BCUT2D eigenvalue weighted by Gasteiger charge is -2.30. The molecule has 0 aliphatic heterocycles. The number of hydrogen-bond donors (Lipinski definition) is 0. The van der Waals surface area contributed by atoms with Crippen molar-refractivity contribution in [3.8, 4) is 22.3 Å². The van der Waals surface area contributed by atoms with Gasteiger partial charge in [-0.1, -0.05) is 264 Å². The summed E-state index contributed by atoms with van der Waals surface area (Å²) in [7, 11) is 0. The number of benzene rings is 17. The van der Waals surface area contributed by atoms with E-state index in [0.717, 1.165) is 94.5 Å². The van der Waals surface area contributed by atoms with Crippen LogP contribution in [0.3, 0.4) is 0 Å². The minimum absolute atomic E-state index is 0.111. The highest BCUT2D eigenvalue weighted by Crippen LogP contribution is 2.59. The van der Waals surface area contributed by atoms with E-state index in [2.05, 4.69) is 357 Å². The van der Waals surface area contributed by atoms with E-state index in [0.29, 0.717) is 5.69 Å². The predicted molar refractivity (Wildman–Crippen MR) is 463 cm³/mol. The van der Waals surface area contributed by atoms with Crippen molar-refractivity contribution in [1.29, 1.82) is 0 Å². The van der Waals surface area contributed by atoms with Crippen molar-refractivity contribution < 1.29 is 4.39 Å². The van der Waals surface area contributed by atoms with Gasteiger partial charge in [-0.25, -0.2) is 14.4 Å². The van der Waals surface area contributed by atoms with E-state index < -0.39 is 0 Å². The number of rotatable bonds is 12. The average molecular weight is 1430 g/mol. The summed E-state index contributed by atoms with van der Waals surface area (Å²) in [6, 6.07) is 123. The molecule has 3 heterocycles. The van der Waals surface area contributed by atoms with Gasteiger partial charge >= 0.3 is 0 Å². The number of fused-ring (bicyclic) bond motifs is 9. The quantitative estimate of drug-likeness (QED) is 0.114. The molecule has 0 unspecified atom stereocenters. The van der Waals surface area contributed by atoms with Crippen LogP contribution in [0.2, 0.25) is 0 Å². The van der Waals surface area contributed by atoms with Crippen LogP contribution in [-0.2, 0) is 10.8 Å². The molecule has 2 aliphatic carbocycles. The van der Waals surface area contributed by atoms with Gasteiger partial charge in [0, 0.05) is 82.7 Å². The van der Waals surface area contributed by atoms with Crippen LogP contribution in [0.25, 0.3) is 107 Å². The topological polar surface area (TPSA) is 38.7 Å². The third-order valence-corrected chi connectivity index (χ3v) is 24.6. The molecule has 0 spiro atoms. The SMILES string of the molecule is CC1(C)c2ccccc2-c2c(N(c3ccccn3)c3ccc4ccc5c(N(c6ccccc6)c6ccccc6)ccc6ccc3c4c65)cccc21.CC1(C)c2ccccc2-c2c(N(c3ccccn3)c3ccc4ccc5c(N(c6ccccc6F)c6cccc7c6sc6ccccc67)ccc6ccc3c4c65)cccc21. The summed E-state index contributed by atoms with van der Waals surface area (Å²) in [5.41, 5.74) is 20.3. The van der Waals surface area contributed by atoms with Crippen molar-refractivity contribution in [3.05, 3.63) is 386 Å². The maximum absolute atomic E-state index is 16.3. The second-order valence-electron chi connectivity index (χ2n) is 30.0. The lowest BCUT2D eigenvalue weighted by Crippen LogP contribution is -2.16. The Kier molecular flexibility index (Phi) is 14.9. The van der Waals surface area contributed by atoms with Crippen molar-refractivity contribution in [2.24, 2.45) is 0 Å². The summed E-state index contributed by atoms with van der Waals surface area (Å²) in [6.07, 6.45) is 3.77. The molecular weight excluding hydrogens is 1360 g/mol. The van der Waals surface area contributed by atoms with Crippen LogP contribution in [0, 0.1) is 5.82 Å². The Hall–Kier alpha value is -13.5. The van der Waals surface area contributed by atoms with Gasteiger partial charge in [-0.3, -0.25) is 9.80 Å². The minimum atomic E-state index is -0.273. The Morgan fingerprint density at radius 2 is 0.627 bits per heavy atom. The van der Waals surface area contributed by atoms with Crippen molar-refractivity contribution in [2.45, 2.75) is 38.5 Å². The molecule has 20 aromatic rings. The van der Waals surface area contributed by atoms with Gasteiger partial charge in [0.1, 0.15) is 17.5 Å². The second-order valence-corrected chi connectivity index (χ2v) is 31.1. The Balaban J connectivity index is 0.000000141. The molecule has 110 heavy (non-hydrogen) atoms. The molecule has 0 N–H and O–H groups in total. The zero-order valence-electron chi connectivity index (χ0n) is 61.0. The molecule has 0 bridgehead atoms. The Bertz CT molecular complexity index is 6980. The molecule has 8 heteroatoms. The molecule has 0 amide bonds.